The van der Waals surface area contributed by atoms with Gasteiger partial charge in [0.05, 0.1) is 10.9 Å². The molecular formula is C9H8BrF4N. The molecule has 1 aromatic rings. The van der Waals surface area contributed by atoms with Gasteiger partial charge in [-0.3, -0.25) is 0 Å². The van der Waals surface area contributed by atoms with E-state index < -0.39 is 18.4 Å². The summed E-state index contributed by atoms with van der Waals surface area (Å²) in [7, 11) is 0. The van der Waals surface area contributed by atoms with Gasteiger partial charge in [-0.1, -0.05) is 0 Å². The Hall–Kier alpha value is -0.780. The Kier molecular flexibility index (Phi) is 3.96. The minimum atomic E-state index is -4.19. The van der Waals surface area contributed by atoms with E-state index in [1.165, 1.54) is 12.1 Å². The third-order valence-corrected chi connectivity index (χ3v) is 2.30. The normalized spacial score (nSPS) is 11.5. The lowest BCUT2D eigenvalue weighted by Gasteiger charge is -2.09. The Balaban J connectivity index is 2.48. The molecule has 0 radical (unpaired) electrons. The zero-order valence-electron chi connectivity index (χ0n) is 7.54. The summed E-state index contributed by atoms with van der Waals surface area (Å²) in [6.07, 6.45) is -5.13. The van der Waals surface area contributed by atoms with Crippen LogP contribution in [0.2, 0.25) is 0 Å². The zero-order chi connectivity index (χ0) is 11.5. The van der Waals surface area contributed by atoms with Crippen molar-refractivity contribution in [1.82, 2.24) is 0 Å². The van der Waals surface area contributed by atoms with Crippen LogP contribution in [-0.4, -0.2) is 12.7 Å². The van der Waals surface area contributed by atoms with Crippen molar-refractivity contribution in [2.75, 3.05) is 11.9 Å². The molecule has 1 N–H and O–H groups in total. The van der Waals surface area contributed by atoms with Crippen molar-refractivity contribution in [1.29, 1.82) is 0 Å². The Bertz CT molecular complexity index is 337. The second-order valence-electron chi connectivity index (χ2n) is 2.92. The predicted molar refractivity (Wildman–Crippen MR) is 53.3 cm³/mol. The van der Waals surface area contributed by atoms with E-state index in [1.54, 1.807) is 0 Å². The van der Waals surface area contributed by atoms with Gasteiger partial charge >= 0.3 is 6.18 Å². The molecule has 0 bridgehead atoms. The van der Waals surface area contributed by atoms with E-state index in [1.807, 2.05) is 0 Å². The van der Waals surface area contributed by atoms with Crippen LogP contribution in [0.5, 0.6) is 0 Å². The first-order valence-corrected chi connectivity index (χ1v) is 4.93. The number of benzene rings is 1. The Morgan fingerprint density at radius 1 is 1.27 bits per heavy atom. The van der Waals surface area contributed by atoms with Crippen molar-refractivity contribution >= 4 is 21.6 Å². The number of halogens is 5. The fourth-order valence-corrected chi connectivity index (χ4v) is 1.20. The van der Waals surface area contributed by atoms with Crippen molar-refractivity contribution in [2.24, 2.45) is 0 Å². The highest BCUT2D eigenvalue weighted by atomic mass is 79.9. The summed E-state index contributed by atoms with van der Waals surface area (Å²) >= 11 is 2.95. The Morgan fingerprint density at radius 3 is 2.47 bits per heavy atom. The van der Waals surface area contributed by atoms with Gasteiger partial charge in [-0.25, -0.2) is 4.39 Å². The molecule has 0 atom stereocenters. The summed E-state index contributed by atoms with van der Waals surface area (Å²) in [5.74, 6) is -0.507. The van der Waals surface area contributed by atoms with E-state index in [2.05, 4.69) is 21.2 Å². The van der Waals surface area contributed by atoms with Crippen LogP contribution >= 0.6 is 15.9 Å². The van der Waals surface area contributed by atoms with Gasteiger partial charge in [0.1, 0.15) is 5.82 Å². The average Bonchev–Trinajstić information content (AvgIpc) is 2.09. The molecule has 1 rings (SSSR count). The monoisotopic (exact) mass is 285 g/mol. The number of hydrogen-bond donors (Lipinski definition) is 1. The largest absolute Gasteiger partial charge is 0.390 e. The van der Waals surface area contributed by atoms with E-state index in [-0.39, 0.29) is 11.0 Å². The van der Waals surface area contributed by atoms with Gasteiger partial charge in [-0.05, 0) is 34.1 Å². The highest BCUT2D eigenvalue weighted by Crippen LogP contribution is 2.21. The molecule has 0 heterocycles. The van der Waals surface area contributed by atoms with Crippen LogP contribution in [-0.2, 0) is 0 Å². The first-order chi connectivity index (χ1) is 6.88. The van der Waals surface area contributed by atoms with Crippen LogP contribution in [0, 0.1) is 5.82 Å². The second kappa shape index (κ2) is 4.83. The first kappa shape index (κ1) is 12.3. The fourth-order valence-electron chi connectivity index (χ4n) is 0.955. The van der Waals surface area contributed by atoms with E-state index >= 15 is 0 Å². The van der Waals surface area contributed by atoms with E-state index in [9.17, 15) is 17.6 Å². The summed E-state index contributed by atoms with van der Waals surface area (Å²) in [6, 6.07) is 4.08. The van der Waals surface area contributed by atoms with E-state index in [4.69, 9.17) is 0 Å². The van der Waals surface area contributed by atoms with Crippen molar-refractivity contribution in [2.45, 2.75) is 12.6 Å². The van der Waals surface area contributed by atoms with Gasteiger partial charge < -0.3 is 5.32 Å². The molecular weight excluding hydrogens is 278 g/mol. The lowest BCUT2D eigenvalue weighted by atomic mass is 10.3. The molecule has 1 nitrogen and oxygen atoms in total. The number of alkyl halides is 3. The second-order valence-corrected chi connectivity index (χ2v) is 3.78. The minimum Gasteiger partial charge on any atom is -0.385 e. The van der Waals surface area contributed by atoms with Crippen LogP contribution in [0.4, 0.5) is 23.2 Å². The van der Waals surface area contributed by atoms with Gasteiger partial charge in [-0.2, -0.15) is 13.2 Å². The van der Waals surface area contributed by atoms with E-state index in [0.29, 0.717) is 5.69 Å². The maximum atomic E-state index is 12.9. The standard InChI is InChI=1S/C9H8BrF4N/c10-7-2-1-6(5-8(7)11)15-4-3-9(12,13)14/h1-2,5,15H,3-4H2. The zero-order valence-corrected chi connectivity index (χ0v) is 9.12. The number of rotatable bonds is 3. The van der Waals surface area contributed by atoms with Crippen molar-refractivity contribution in [3.63, 3.8) is 0 Å². The highest BCUT2D eigenvalue weighted by molar-refractivity contribution is 9.10. The van der Waals surface area contributed by atoms with Crippen LogP contribution in [0.3, 0.4) is 0 Å². The summed E-state index contributed by atoms with van der Waals surface area (Å²) in [5.41, 5.74) is 0.333. The quantitative estimate of drug-likeness (QED) is 0.829. The SMILES string of the molecule is Fc1cc(NCCC(F)(F)F)ccc1Br. The summed E-state index contributed by atoms with van der Waals surface area (Å²) in [6.45, 7) is -0.259. The molecule has 0 aliphatic heterocycles. The minimum absolute atomic E-state index is 0.259. The molecule has 0 amide bonds. The smallest absolute Gasteiger partial charge is 0.385 e. The van der Waals surface area contributed by atoms with Crippen LogP contribution in [0.1, 0.15) is 6.42 Å². The molecule has 0 fully saturated rings. The molecule has 15 heavy (non-hydrogen) atoms. The number of nitrogens with one attached hydrogen (secondary N) is 1. The summed E-state index contributed by atoms with van der Waals surface area (Å²) in [5, 5.41) is 2.49. The van der Waals surface area contributed by atoms with Gasteiger partial charge in [0, 0.05) is 12.2 Å². The molecule has 0 aliphatic carbocycles. The molecule has 6 heteroatoms. The Labute approximate surface area is 92.6 Å². The molecule has 1 aromatic carbocycles. The van der Waals surface area contributed by atoms with Crippen LogP contribution < -0.4 is 5.32 Å². The third-order valence-electron chi connectivity index (χ3n) is 1.66. The lowest BCUT2D eigenvalue weighted by Crippen LogP contribution is -2.14. The third kappa shape index (κ3) is 4.51. The number of hydrogen-bond acceptors (Lipinski definition) is 1. The van der Waals surface area contributed by atoms with Gasteiger partial charge in [0.15, 0.2) is 0 Å². The fraction of sp³-hybridized carbons (Fsp3) is 0.333. The van der Waals surface area contributed by atoms with Crippen molar-refractivity contribution in [3.05, 3.63) is 28.5 Å². The Morgan fingerprint density at radius 2 is 1.93 bits per heavy atom. The van der Waals surface area contributed by atoms with Crippen molar-refractivity contribution in [3.8, 4) is 0 Å². The number of anilines is 1. The van der Waals surface area contributed by atoms with Crippen molar-refractivity contribution < 1.29 is 17.6 Å². The first-order valence-electron chi connectivity index (χ1n) is 4.14. The lowest BCUT2D eigenvalue weighted by molar-refractivity contribution is -0.131. The topological polar surface area (TPSA) is 12.0 Å². The maximum Gasteiger partial charge on any atom is 0.390 e. The summed E-state index contributed by atoms with van der Waals surface area (Å²) in [4.78, 5) is 0. The molecule has 0 spiro atoms. The highest BCUT2D eigenvalue weighted by Gasteiger charge is 2.26. The van der Waals surface area contributed by atoms with Crippen LogP contribution in [0.25, 0.3) is 0 Å². The molecule has 84 valence electrons. The van der Waals surface area contributed by atoms with E-state index in [0.717, 1.165) is 6.07 Å². The van der Waals surface area contributed by atoms with Gasteiger partial charge in [-0.15, -0.1) is 0 Å². The molecule has 0 unspecified atom stereocenters. The molecule has 0 saturated carbocycles. The van der Waals surface area contributed by atoms with Crippen LogP contribution in [0.15, 0.2) is 22.7 Å². The maximum absolute atomic E-state index is 12.9. The van der Waals surface area contributed by atoms with Gasteiger partial charge in [0.2, 0.25) is 0 Å². The average molecular weight is 286 g/mol. The predicted octanol–water partition coefficient (Wildman–Crippen LogP) is 3.95. The molecule has 0 saturated heterocycles. The van der Waals surface area contributed by atoms with Gasteiger partial charge in [0.25, 0.3) is 0 Å². The summed E-state index contributed by atoms with van der Waals surface area (Å²) < 4.78 is 48.6. The molecule has 0 aliphatic rings. The molecule has 0 aromatic heterocycles.